The molecule has 0 aliphatic carbocycles. The fourth-order valence-corrected chi connectivity index (χ4v) is 2.96. The summed E-state index contributed by atoms with van der Waals surface area (Å²) in [6.45, 7) is 3.71. The molecule has 6 nitrogen and oxygen atoms in total. The number of rotatable bonds is 6. The van der Waals surface area contributed by atoms with Gasteiger partial charge < -0.3 is 9.88 Å². The summed E-state index contributed by atoms with van der Waals surface area (Å²) in [6.07, 6.45) is 8.39. The first kappa shape index (κ1) is 16.2. The number of aromatic nitrogens is 5. The third-order valence-electron chi connectivity index (χ3n) is 4.24. The molecular formula is C20H20N6. The second-order valence-corrected chi connectivity index (χ2v) is 6.11. The van der Waals surface area contributed by atoms with E-state index >= 15 is 0 Å². The van der Waals surface area contributed by atoms with Crippen LogP contribution in [-0.2, 0) is 6.54 Å². The average Bonchev–Trinajstić information content (AvgIpc) is 3.14. The van der Waals surface area contributed by atoms with Crippen molar-refractivity contribution < 1.29 is 0 Å². The maximum atomic E-state index is 4.78. The molecule has 0 saturated carbocycles. The molecule has 3 heterocycles. The number of fused-ring (bicyclic) bond motifs is 1. The molecule has 0 unspecified atom stereocenters. The highest BCUT2D eigenvalue weighted by Gasteiger charge is 2.12. The number of nitrogens with one attached hydrogen (secondary N) is 1. The first-order valence-corrected chi connectivity index (χ1v) is 8.70. The van der Waals surface area contributed by atoms with Gasteiger partial charge in [0, 0.05) is 37.9 Å². The van der Waals surface area contributed by atoms with E-state index in [9.17, 15) is 0 Å². The molecular weight excluding hydrogens is 324 g/mol. The molecule has 0 amide bonds. The number of aryl methyl sites for hydroxylation is 2. The molecule has 0 atom stereocenters. The Balaban J connectivity index is 1.49. The lowest BCUT2D eigenvalue weighted by atomic mass is 10.2. The summed E-state index contributed by atoms with van der Waals surface area (Å²) < 4.78 is 2.14. The monoisotopic (exact) mass is 344 g/mol. The quantitative estimate of drug-likeness (QED) is 0.540. The van der Waals surface area contributed by atoms with E-state index in [-0.39, 0.29) is 0 Å². The fraction of sp³-hybridized carbons (Fsp3) is 0.200. The number of benzene rings is 1. The van der Waals surface area contributed by atoms with Crippen LogP contribution in [0.15, 0.2) is 61.2 Å². The summed E-state index contributed by atoms with van der Waals surface area (Å²) in [7, 11) is 0. The van der Waals surface area contributed by atoms with Gasteiger partial charge in [0.1, 0.15) is 5.69 Å². The topological polar surface area (TPSA) is 68.5 Å². The van der Waals surface area contributed by atoms with Gasteiger partial charge in [-0.1, -0.05) is 12.1 Å². The van der Waals surface area contributed by atoms with Crippen LogP contribution in [0.3, 0.4) is 0 Å². The van der Waals surface area contributed by atoms with Crippen molar-refractivity contribution in [1.29, 1.82) is 0 Å². The molecule has 4 aromatic rings. The van der Waals surface area contributed by atoms with Crippen LogP contribution in [0.2, 0.25) is 0 Å². The molecule has 3 aromatic heterocycles. The summed E-state index contributed by atoms with van der Waals surface area (Å²) in [5, 5.41) is 3.38. The lowest BCUT2D eigenvalue weighted by molar-refractivity contribution is 0.665. The van der Waals surface area contributed by atoms with Crippen molar-refractivity contribution in [3.63, 3.8) is 0 Å². The number of hydrogen-bond acceptors (Lipinski definition) is 5. The van der Waals surface area contributed by atoms with Crippen LogP contribution in [0.5, 0.6) is 0 Å². The van der Waals surface area contributed by atoms with Crippen molar-refractivity contribution in [3.8, 4) is 11.5 Å². The first-order valence-electron chi connectivity index (χ1n) is 8.70. The molecule has 0 saturated heterocycles. The van der Waals surface area contributed by atoms with E-state index in [2.05, 4.69) is 24.8 Å². The molecule has 0 spiro atoms. The lowest BCUT2D eigenvalue weighted by Gasteiger charge is -2.11. The van der Waals surface area contributed by atoms with Gasteiger partial charge in [-0.25, -0.2) is 15.0 Å². The van der Waals surface area contributed by atoms with Gasteiger partial charge in [-0.2, -0.15) is 0 Å². The standard InChI is InChI=1S/C20H20N6/c1-15-19(25-18-8-3-2-7-17(18)24-15)20-23-11-13-26(20)12-5-10-22-16-6-4-9-21-14-16/h2-4,6-9,11,13-14,22H,5,10,12H2,1H3. The van der Waals surface area contributed by atoms with Crippen LogP contribution >= 0.6 is 0 Å². The molecule has 130 valence electrons. The Hall–Kier alpha value is -3.28. The number of nitrogens with zero attached hydrogens (tertiary/aromatic N) is 5. The van der Waals surface area contributed by atoms with Crippen molar-refractivity contribution in [3.05, 3.63) is 66.9 Å². The van der Waals surface area contributed by atoms with Gasteiger partial charge in [0.05, 0.1) is 22.4 Å². The van der Waals surface area contributed by atoms with Crippen LogP contribution in [0.4, 0.5) is 5.69 Å². The van der Waals surface area contributed by atoms with E-state index in [0.717, 1.165) is 53.4 Å². The third kappa shape index (κ3) is 3.39. The second kappa shape index (κ2) is 7.31. The van der Waals surface area contributed by atoms with Gasteiger partial charge in [0.15, 0.2) is 5.82 Å². The maximum absolute atomic E-state index is 4.78. The zero-order valence-corrected chi connectivity index (χ0v) is 14.6. The summed E-state index contributed by atoms with van der Waals surface area (Å²) in [4.78, 5) is 18.1. The normalized spacial score (nSPS) is 11.0. The summed E-state index contributed by atoms with van der Waals surface area (Å²) in [5.74, 6) is 0.863. The van der Waals surface area contributed by atoms with Crippen molar-refractivity contribution in [2.45, 2.75) is 19.9 Å². The van der Waals surface area contributed by atoms with Crippen molar-refractivity contribution in [2.75, 3.05) is 11.9 Å². The fourth-order valence-electron chi connectivity index (χ4n) is 2.96. The van der Waals surface area contributed by atoms with Gasteiger partial charge in [-0.3, -0.25) is 4.98 Å². The number of pyridine rings is 1. The van der Waals surface area contributed by atoms with Gasteiger partial charge in [-0.15, -0.1) is 0 Å². The van der Waals surface area contributed by atoms with E-state index in [1.165, 1.54) is 0 Å². The van der Waals surface area contributed by atoms with Crippen LogP contribution in [0.25, 0.3) is 22.6 Å². The Morgan fingerprint density at radius 2 is 1.85 bits per heavy atom. The van der Waals surface area contributed by atoms with Crippen LogP contribution in [0, 0.1) is 6.92 Å². The maximum Gasteiger partial charge on any atom is 0.160 e. The molecule has 0 aliphatic rings. The van der Waals surface area contributed by atoms with Crippen molar-refractivity contribution in [1.82, 2.24) is 24.5 Å². The number of hydrogen-bond donors (Lipinski definition) is 1. The molecule has 1 N–H and O–H groups in total. The Bertz CT molecular complexity index is 1010. The van der Waals surface area contributed by atoms with E-state index in [0.29, 0.717) is 0 Å². The second-order valence-electron chi connectivity index (χ2n) is 6.11. The van der Waals surface area contributed by atoms with E-state index in [1.807, 2.05) is 61.9 Å². The molecule has 4 rings (SSSR count). The largest absolute Gasteiger partial charge is 0.384 e. The molecule has 0 aliphatic heterocycles. The highest BCUT2D eigenvalue weighted by Crippen LogP contribution is 2.21. The minimum absolute atomic E-state index is 0.842. The smallest absolute Gasteiger partial charge is 0.160 e. The van der Waals surface area contributed by atoms with E-state index < -0.39 is 0 Å². The minimum Gasteiger partial charge on any atom is -0.384 e. The molecule has 6 heteroatoms. The summed E-state index contributed by atoms with van der Waals surface area (Å²) in [5.41, 5.74) is 4.57. The Kier molecular flexibility index (Phi) is 4.55. The molecule has 0 bridgehead atoms. The predicted octanol–water partition coefficient (Wildman–Crippen LogP) is 3.70. The average molecular weight is 344 g/mol. The predicted molar refractivity (Wildman–Crippen MR) is 103 cm³/mol. The minimum atomic E-state index is 0.842. The van der Waals surface area contributed by atoms with Gasteiger partial charge >= 0.3 is 0 Å². The molecule has 26 heavy (non-hydrogen) atoms. The molecule has 1 aromatic carbocycles. The van der Waals surface area contributed by atoms with E-state index in [4.69, 9.17) is 4.98 Å². The zero-order valence-electron chi connectivity index (χ0n) is 14.6. The van der Waals surface area contributed by atoms with Crippen LogP contribution in [-0.4, -0.2) is 31.0 Å². The Morgan fingerprint density at radius 3 is 2.65 bits per heavy atom. The van der Waals surface area contributed by atoms with Crippen LogP contribution < -0.4 is 5.32 Å². The Labute approximate surface area is 152 Å². The highest BCUT2D eigenvalue weighted by molar-refractivity contribution is 5.77. The zero-order chi connectivity index (χ0) is 17.8. The van der Waals surface area contributed by atoms with Gasteiger partial charge in [0.25, 0.3) is 0 Å². The summed E-state index contributed by atoms with van der Waals surface area (Å²) >= 11 is 0. The van der Waals surface area contributed by atoms with Gasteiger partial charge in [0.2, 0.25) is 0 Å². The summed E-state index contributed by atoms with van der Waals surface area (Å²) in [6, 6.07) is 11.9. The third-order valence-corrected chi connectivity index (χ3v) is 4.24. The van der Waals surface area contributed by atoms with E-state index in [1.54, 1.807) is 6.20 Å². The lowest BCUT2D eigenvalue weighted by Crippen LogP contribution is -2.08. The first-order chi connectivity index (χ1) is 12.8. The Morgan fingerprint density at radius 1 is 1.00 bits per heavy atom. The van der Waals surface area contributed by atoms with Crippen molar-refractivity contribution >= 4 is 16.7 Å². The van der Waals surface area contributed by atoms with Gasteiger partial charge in [-0.05, 0) is 37.6 Å². The van der Waals surface area contributed by atoms with Crippen molar-refractivity contribution in [2.24, 2.45) is 0 Å². The molecule has 0 radical (unpaired) electrons. The number of imidazole rings is 1. The molecule has 0 fully saturated rings. The van der Waals surface area contributed by atoms with Crippen LogP contribution in [0.1, 0.15) is 12.1 Å². The number of para-hydroxylation sites is 2. The number of anilines is 1. The highest BCUT2D eigenvalue weighted by atomic mass is 15.1. The SMILES string of the molecule is Cc1nc2ccccc2nc1-c1nccn1CCCNc1cccnc1.